The fourth-order valence-corrected chi connectivity index (χ4v) is 5.63. The Morgan fingerprint density at radius 1 is 0.868 bits per heavy atom. The van der Waals surface area contributed by atoms with E-state index in [1.54, 1.807) is 27.6 Å². The number of hydrogen-bond donors (Lipinski definition) is 3. The molecule has 0 bridgehead atoms. The predicted octanol–water partition coefficient (Wildman–Crippen LogP) is 3.50. The highest BCUT2D eigenvalue weighted by Crippen LogP contribution is 2.24. The Kier molecular flexibility index (Phi) is 12.7. The molecule has 53 heavy (non-hydrogen) atoms. The number of halogens is 1. The van der Waals surface area contributed by atoms with Crippen molar-refractivity contribution in [2.45, 2.75) is 25.9 Å². The summed E-state index contributed by atoms with van der Waals surface area (Å²) in [5.74, 6) is 0.0391. The number of nitrogen functional groups attached to an aromatic ring is 1. The van der Waals surface area contributed by atoms with E-state index in [9.17, 15) is 14.0 Å². The van der Waals surface area contributed by atoms with Gasteiger partial charge in [-0.3, -0.25) is 19.3 Å². The van der Waals surface area contributed by atoms with Crippen molar-refractivity contribution >= 4 is 23.0 Å². The van der Waals surface area contributed by atoms with E-state index in [-0.39, 0.29) is 23.2 Å². The quantitative estimate of drug-likeness (QED) is 0.0837. The first-order valence-corrected chi connectivity index (χ1v) is 17.4. The minimum Gasteiger partial charge on any atom is -0.379 e. The molecule has 0 spiro atoms. The van der Waals surface area contributed by atoms with Crippen LogP contribution in [0.25, 0.3) is 33.7 Å². The van der Waals surface area contributed by atoms with E-state index in [1.807, 2.05) is 66.6 Å². The van der Waals surface area contributed by atoms with Crippen molar-refractivity contribution in [1.82, 2.24) is 34.6 Å². The zero-order valence-electron chi connectivity index (χ0n) is 29.5. The van der Waals surface area contributed by atoms with Gasteiger partial charge in [0.1, 0.15) is 18.7 Å². The zero-order valence-corrected chi connectivity index (χ0v) is 29.5. The topological polar surface area (TPSA) is 168 Å². The van der Waals surface area contributed by atoms with Gasteiger partial charge >= 0.3 is 0 Å². The first-order chi connectivity index (χ1) is 25.8. The highest BCUT2D eigenvalue weighted by molar-refractivity contribution is 5.94. The maximum atomic E-state index is 13.5. The minimum absolute atomic E-state index is 0.0185. The van der Waals surface area contributed by atoms with Gasteiger partial charge in [0, 0.05) is 50.2 Å². The summed E-state index contributed by atoms with van der Waals surface area (Å²) >= 11 is 0. The molecule has 2 aromatic carbocycles. The second kappa shape index (κ2) is 18.1. The van der Waals surface area contributed by atoms with Crippen LogP contribution in [0.4, 0.5) is 10.3 Å². The normalized spacial score (nSPS) is 11.4. The summed E-state index contributed by atoms with van der Waals surface area (Å²) in [4.78, 5) is 36.4. The SMILES string of the molecule is C[n+]1ccc(-c2ccc(C(=O)NCCCOCCOCCOCCCn3cc(-c4nc5c(=O)[nH]c(N)nc5n4Cc4ccc(F)cc4)cn3)cc2)cc1. The van der Waals surface area contributed by atoms with Crippen LogP contribution >= 0.6 is 0 Å². The Morgan fingerprint density at radius 3 is 2.25 bits per heavy atom. The van der Waals surface area contributed by atoms with Crippen LogP contribution in [0.15, 0.2) is 90.2 Å². The van der Waals surface area contributed by atoms with Gasteiger partial charge in [0.2, 0.25) is 5.95 Å². The molecule has 0 fully saturated rings. The number of H-pyrrole nitrogens is 1. The van der Waals surface area contributed by atoms with Crippen molar-refractivity contribution in [3.63, 3.8) is 0 Å². The second-order valence-electron chi connectivity index (χ2n) is 12.4. The summed E-state index contributed by atoms with van der Waals surface area (Å²) in [6.07, 6.45) is 8.94. The van der Waals surface area contributed by atoms with Crippen LogP contribution in [-0.4, -0.2) is 81.4 Å². The van der Waals surface area contributed by atoms with E-state index in [1.165, 1.54) is 12.1 Å². The number of ether oxygens (including phenoxy) is 3. The van der Waals surface area contributed by atoms with Gasteiger partial charge in [-0.05, 0) is 53.8 Å². The van der Waals surface area contributed by atoms with Gasteiger partial charge in [-0.15, -0.1) is 0 Å². The number of benzene rings is 2. The van der Waals surface area contributed by atoms with Crippen LogP contribution in [0.5, 0.6) is 0 Å². The molecule has 0 radical (unpaired) electrons. The molecule has 0 aliphatic carbocycles. The molecule has 14 nitrogen and oxygen atoms in total. The number of nitrogens with zero attached hydrogens (tertiary/aromatic N) is 6. The molecule has 0 saturated heterocycles. The lowest BCUT2D eigenvalue weighted by atomic mass is 10.0. The number of amides is 1. The van der Waals surface area contributed by atoms with Gasteiger partial charge in [-0.1, -0.05) is 24.3 Å². The second-order valence-corrected chi connectivity index (χ2v) is 12.4. The van der Waals surface area contributed by atoms with Gasteiger partial charge in [-0.25, -0.2) is 13.9 Å². The van der Waals surface area contributed by atoms with Crippen LogP contribution in [0.2, 0.25) is 0 Å². The molecule has 0 aliphatic rings. The standard InChI is InChI=1S/C38H42FN9O5/c1-46-16-12-29(13-17-46)28-6-8-30(9-7-28)36(49)41-14-2-18-51-20-22-53-23-21-52-19-3-15-47-26-31(24-42-47)34-43-33-35(44-38(40)45-37(33)50)48(34)25-27-4-10-32(39)11-5-27/h4-13,16-17,24,26H,2-3,14-15,18-23,25H2,1H3,(H3-,40,41,44,45,49,50)/p+1. The number of carbonyl (C=O) groups excluding carboxylic acids is 1. The number of imidazole rings is 1. The van der Waals surface area contributed by atoms with Crippen molar-refractivity contribution in [3.8, 4) is 22.5 Å². The van der Waals surface area contributed by atoms with Crippen molar-refractivity contribution in [1.29, 1.82) is 0 Å². The Labute approximate surface area is 305 Å². The van der Waals surface area contributed by atoms with Crippen molar-refractivity contribution < 1.29 is 28.0 Å². The number of nitrogens with one attached hydrogen (secondary N) is 2. The van der Waals surface area contributed by atoms with Gasteiger partial charge < -0.3 is 29.8 Å². The molecule has 15 heteroatoms. The van der Waals surface area contributed by atoms with E-state index in [4.69, 9.17) is 19.9 Å². The fraction of sp³-hybridized carbons (Fsp3) is 0.316. The van der Waals surface area contributed by atoms with Crippen LogP contribution in [-0.2, 0) is 34.3 Å². The molecule has 0 unspecified atom stereocenters. The molecular formula is C38H43FN9O5+. The number of carbonyl (C=O) groups is 1. The molecular weight excluding hydrogens is 681 g/mol. The Bertz CT molecular complexity index is 2150. The first kappa shape index (κ1) is 37.0. The van der Waals surface area contributed by atoms with Crippen molar-refractivity contribution in [3.05, 3.63) is 113 Å². The number of aromatic amines is 1. The zero-order chi connectivity index (χ0) is 37.0. The van der Waals surface area contributed by atoms with Crippen LogP contribution in [0, 0.1) is 5.82 Å². The molecule has 4 heterocycles. The molecule has 276 valence electrons. The lowest BCUT2D eigenvalue weighted by molar-refractivity contribution is -0.671. The number of nitrogens with two attached hydrogens (primary N) is 1. The summed E-state index contributed by atoms with van der Waals surface area (Å²) in [6.45, 7) is 4.32. The third kappa shape index (κ3) is 10.2. The number of aryl methyl sites for hydroxylation is 2. The molecule has 6 aromatic rings. The minimum atomic E-state index is -0.443. The third-order valence-electron chi connectivity index (χ3n) is 8.40. The summed E-state index contributed by atoms with van der Waals surface area (Å²) in [6, 6.07) is 17.8. The van der Waals surface area contributed by atoms with Crippen molar-refractivity contribution in [2.75, 3.05) is 51.9 Å². The number of aromatic nitrogens is 7. The smallest absolute Gasteiger partial charge is 0.280 e. The lowest BCUT2D eigenvalue weighted by Crippen LogP contribution is -2.25. The van der Waals surface area contributed by atoms with E-state index in [0.29, 0.717) is 88.3 Å². The summed E-state index contributed by atoms with van der Waals surface area (Å²) in [5, 5.41) is 7.39. The molecule has 4 aromatic heterocycles. The number of fused-ring (bicyclic) bond motifs is 1. The molecule has 0 aliphatic heterocycles. The van der Waals surface area contributed by atoms with E-state index in [2.05, 4.69) is 25.4 Å². The highest BCUT2D eigenvalue weighted by Gasteiger charge is 2.19. The summed E-state index contributed by atoms with van der Waals surface area (Å²) in [7, 11) is 1.98. The average Bonchev–Trinajstić information content (AvgIpc) is 3.78. The van der Waals surface area contributed by atoms with E-state index in [0.717, 1.165) is 23.1 Å². The lowest BCUT2D eigenvalue weighted by Gasteiger charge is -2.08. The maximum Gasteiger partial charge on any atom is 0.280 e. The van der Waals surface area contributed by atoms with Crippen LogP contribution in [0.1, 0.15) is 28.8 Å². The Hall–Kier alpha value is -5.77. The Morgan fingerprint density at radius 2 is 1.53 bits per heavy atom. The molecule has 0 atom stereocenters. The largest absolute Gasteiger partial charge is 0.379 e. The number of pyridine rings is 1. The number of rotatable bonds is 19. The van der Waals surface area contributed by atoms with E-state index >= 15 is 0 Å². The highest BCUT2D eigenvalue weighted by atomic mass is 19.1. The molecule has 6 rings (SSSR count). The molecule has 0 saturated carbocycles. The van der Waals surface area contributed by atoms with Crippen molar-refractivity contribution in [2.24, 2.45) is 7.05 Å². The average molecular weight is 725 g/mol. The summed E-state index contributed by atoms with van der Waals surface area (Å²) < 4.78 is 36.0. The Balaban J connectivity index is 0.829. The predicted molar refractivity (Wildman–Crippen MR) is 196 cm³/mol. The fourth-order valence-electron chi connectivity index (χ4n) is 5.63. The van der Waals surface area contributed by atoms with Gasteiger partial charge in [0.15, 0.2) is 23.6 Å². The van der Waals surface area contributed by atoms with Gasteiger partial charge in [0.05, 0.1) is 44.7 Å². The van der Waals surface area contributed by atoms with Crippen LogP contribution in [0.3, 0.4) is 0 Å². The third-order valence-corrected chi connectivity index (χ3v) is 8.40. The first-order valence-electron chi connectivity index (χ1n) is 17.4. The maximum absolute atomic E-state index is 13.5. The number of anilines is 1. The monoisotopic (exact) mass is 724 g/mol. The summed E-state index contributed by atoms with van der Waals surface area (Å²) in [5.41, 5.74) is 10.2. The molecule has 1 amide bonds. The van der Waals surface area contributed by atoms with Gasteiger partial charge in [0.25, 0.3) is 11.5 Å². The van der Waals surface area contributed by atoms with E-state index < -0.39 is 5.56 Å². The van der Waals surface area contributed by atoms with Crippen LogP contribution < -0.4 is 21.2 Å². The number of hydrogen-bond acceptors (Lipinski definition) is 9. The molecule has 4 N–H and O–H groups in total. The van der Waals surface area contributed by atoms with Gasteiger partial charge in [-0.2, -0.15) is 10.1 Å².